The van der Waals surface area contributed by atoms with Gasteiger partial charge in [0.05, 0.1) is 19.6 Å². The SMILES string of the molecule is COc1cccc(C(=O)NC2=NC(c3cccc(F)c3)CC(=O)N2)c1. The molecule has 0 aliphatic carbocycles. The van der Waals surface area contributed by atoms with Gasteiger partial charge in [-0.1, -0.05) is 18.2 Å². The zero-order valence-corrected chi connectivity index (χ0v) is 13.5. The van der Waals surface area contributed by atoms with Crippen molar-refractivity contribution in [2.45, 2.75) is 12.5 Å². The van der Waals surface area contributed by atoms with Crippen LogP contribution in [0.2, 0.25) is 0 Å². The van der Waals surface area contributed by atoms with Crippen LogP contribution >= 0.6 is 0 Å². The molecule has 0 aromatic heterocycles. The molecule has 1 heterocycles. The standard InChI is InChI=1S/C18H16FN3O3/c1-25-14-7-3-5-12(9-14)17(24)22-18-20-15(10-16(23)21-18)11-4-2-6-13(19)8-11/h2-9,15H,10H2,1H3,(H2,20,21,22,23,24). The Kier molecular flexibility index (Phi) is 4.74. The number of amides is 2. The van der Waals surface area contributed by atoms with Gasteiger partial charge in [0.15, 0.2) is 0 Å². The summed E-state index contributed by atoms with van der Waals surface area (Å²) in [5.74, 6) is -0.554. The Morgan fingerprint density at radius 2 is 2.08 bits per heavy atom. The van der Waals surface area contributed by atoms with Crippen LogP contribution in [0.25, 0.3) is 0 Å². The minimum absolute atomic E-state index is 0.0401. The van der Waals surface area contributed by atoms with Crippen molar-refractivity contribution >= 4 is 17.8 Å². The summed E-state index contributed by atoms with van der Waals surface area (Å²) in [5.41, 5.74) is 0.937. The highest BCUT2D eigenvalue weighted by Gasteiger charge is 2.24. The summed E-state index contributed by atoms with van der Waals surface area (Å²) in [5, 5.41) is 5.08. The van der Waals surface area contributed by atoms with Crippen LogP contribution in [-0.2, 0) is 4.79 Å². The second kappa shape index (κ2) is 7.12. The number of carbonyl (C=O) groups excluding carboxylic acids is 2. The molecular formula is C18H16FN3O3. The quantitative estimate of drug-likeness (QED) is 0.898. The van der Waals surface area contributed by atoms with Crippen LogP contribution in [0.15, 0.2) is 53.5 Å². The number of hydrogen-bond acceptors (Lipinski definition) is 4. The van der Waals surface area contributed by atoms with E-state index in [0.717, 1.165) is 0 Å². The first kappa shape index (κ1) is 16.6. The van der Waals surface area contributed by atoms with Crippen LogP contribution in [0.3, 0.4) is 0 Å². The lowest BCUT2D eigenvalue weighted by atomic mass is 10.0. The predicted molar refractivity (Wildman–Crippen MR) is 89.8 cm³/mol. The molecule has 1 aliphatic rings. The van der Waals surface area contributed by atoms with E-state index in [1.807, 2.05) is 0 Å². The number of rotatable bonds is 3. The van der Waals surface area contributed by atoms with Gasteiger partial charge in [0.1, 0.15) is 11.6 Å². The number of nitrogens with zero attached hydrogens (tertiary/aromatic N) is 1. The Bertz CT molecular complexity index is 851. The molecule has 0 radical (unpaired) electrons. The molecule has 25 heavy (non-hydrogen) atoms. The van der Waals surface area contributed by atoms with Crippen LogP contribution in [0.5, 0.6) is 5.75 Å². The molecule has 3 rings (SSSR count). The molecule has 6 nitrogen and oxygen atoms in total. The highest BCUT2D eigenvalue weighted by Crippen LogP contribution is 2.24. The predicted octanol–water partition coefficient (Wildman–Crippen LogP) is 2.18. The van der Waals surface area contributed by atoms with Crippen LogP contribution in [0.1, 0.15) is 28.4 Å². The zero-order valence-electron chi connectivity index (χ0n) is 13.5. The number of nitrogens with one attached hydrogen (secondary N) is 2. The molecule has 2 aromatic carbocycles. The molecule has 0 bridgehead atoms. The molecule has 7 heteroatoms. The van der Waals surface area contributed by atoms with E-state index in [4.69, 9.17) is 4.74 Å². The fourth-order valence-corrected chi connectivity index (χ4v) is 2.51. The molecule has 0 fully saturated rings. The van der Waals surface area contributed by atoms with Gasteiger partial charge in [-0.15, -0.1) is 0 Å². The van der Waals surface area contributed by atoms with Gasteiger partial charge >= 0.3 is 0 Å². The van der Waals surface area contributed by atoms with Gasteiger partial charge in [-0.05, 0) is 35.9 Å². The molecule has 0 spiro atoms. The molecular weight excluding hydrogens is 325 g/mol. The van der Waals surface area contributed by atoms with Crippen LogP contribution in [0.4, 0.5) is 4.39 Å². The molecule has 1 unspecified atom stereocenters. The maximum absolute atomic E-state index is 13.4. The van der Waals surface area contributed by atoms with Gasteiger partial charge in [0.2, 0.25) is 11.9 Å². The lowest BCUT2D eigenvalue weighted by Gasteiger charge is -2.21. The van der Waals surface area contributed by atoms with Crippen LogP contribution in [0, 0.1) is 5.82 Å². The third-order valence-corrected chi connectivity index (χ3v) is 3.72. The number of methoxy groups -OCH3 is 1. The average Bonchev–Trinajstić information content (AvgIpc) is 2.61. The minimum atomic E-state index is -0.551. The van der Waals surface area contributed by atoms with Crippen molar-refractivity contribution in [3.8, 4) is 5.75 Å². The van der Waals surface area contributed by atoms with Crippen molar-refractivity contribution in [2.24, 2.45) is 4.99 Å². The molecule has 2 amide bonds. The monoisotopic (exact) mass is 341 g/mol. The molecule has 2 N–H and O–H groups in total. The first-order valence-corrected chi connectivity index (χ1v) is 7.63. The van der Waals surface area contributed by atoms with Crippen molar-refractivity contribution < 1.29 is 18.7 Å². The van der Waals surface area contributed by atoms with E-state index in [2.05, 4.69) is 15.6 Å². The summed E-state index contributed by atoms with van der Waals surface area (Å²) in [6.45, 7) is 0. The number of hydrogen-bond donors (Lipinski definition) is 2. The molecule has 1 aliphatic heterocycles. The van der Waals surface area contributed by atoms with Gasteiger partial charge < -0.3 is 4.74 Å². The fraction of sp³-hybridized carbons (Fsp3) is 0.167. The number of ether oxygens (including phenoxy) is 1. The average molecular weight is 341 g/mol. The van der Waals surface area contributed by atoms with Crippen molar-refractivity contribution in [3.05, 3.63) is 65.5 Å². The van der Waals surface area contributed by atoms with Crippen LogP contribution in [-0.4, -0.2) is 24.9 Å². The summed E-state index contributed by atoms with van der Waals surface area (Å²) in [7, 11) is 1.51. The second-order valence-electron chi connectivity index (χ2n) is 5.49. The van der Waals surface area contributed by atoms with Crippen molar-refractivity contribution in [1.82, 2.24) is 10.6 Å². The maximum atomic E-state index is 13.4. The molecule has 0 saturated carbocycles. The van der Waals surface area contributed by atoms with Crippen molar-refractivity contribution in [1.29, 1.82) is 0 Å². The summed E-state index contributed by atoms with van der Waals surface area (Å²) in [6.07, 6.45) is 0.0853. The Labute approximate surface area is 143 Å². The first-order chi connectivity index (χ1) is 12.0. The van der Waals surface area contributed by atoms with Crippen molar-refractivity contribution in [2.75, 3.05) is 7.11 Å². The lowest BCUT2D eigenvalue weighted by molar-refractivity contribution is -0.120. The van der Waals surface area contributed by atoms with Gasteiger partial charge in [0.25, 0.3) is 5.91 Å². The number of carbonyl (C=O) groups is 2. The Hall–Kier alpha value is -3.22. The number of aliphatic imine (C=N–C) groups is 1. The third kappa shape index (κ3) is 4.00. The normalized spacial score (nSPS) is 16.6. The summed E-state index contributed by atoms with van der Waals surface area (Å²) in [6, 6.07) is 11.9. The van der Waals surface area contributed by atoms with Gasteiger partial charge in [-0.3, -0.25) is 20.2 Å². The molecule has 2 aromatic rings. The Morgan fingerprint density at radius 1 is 1.28 bits per heavy atom. The number of benzene rings is 2. The van der Waals surface area contributed by atoms with E-state index in [9.17, 15) is 14.0 Å². The van der Waals surface area contributed by atoms with E-state index in [-0.39, 0.29) is 18.3 Å². The first-order valence-electron chi connectivity index (χ1n) is 7.63. The van der Waals surface area contributed by atoms with Crippen molar-refractivity contribution in [3.63, 3.8) is 0 Å². The fourth-order valence-electron chi connectivity index (χ4n) is 2.51. The highest BCUT2D eigenvalue weighted by atomic mass is 19.1. The summed E-state index contributed by atoms with van der Waals surface area (Å²) in [4.78, 5) is 28.5. The van der Waals surface area contributed by atoms with E-state index in [0.29, 0.717) is 16.9 Å². The molecule has 128 valence electrons. The largest absolute Gasteiger partial charge is 0.497 e. The summed E-state index contributed by atoms with van der Waals surface area (Å²) >= 11 is 0. The summed E-state index contributed by atoms with van der Waals surface area (Å²) < 4.78 is 18.5. The van der Waals surface area contributed by atoms with E-state index >= 15 is 0 Å². The van der Waals surface area contributed by atoms with Gasteiger partial charge in [0, 0.05) is 5.56 Å². The second-order valence-corrected chi connectivity index (χ2v) is 5.49. The maximum Gasteiger partial charge on any atom is 0.258 e. The lowest BCUT2D eigenvalue weighted by Crippen LogP contribution is -2.47. The number of guanidine groups is 1. The van der Waals surface area contributed by atoms with E-state index in [1.165, 1.54) is 19.2 Å². The molecule has 1 atom stereocenters. The molecule has 0 saturated heterocycles. The smallest absolute Gasteiger partial charge is 0.258 e. The van der Waals surface area contributed by atoms with Gasteiger partial charge in [-0.2, -0.15) is 0 Å². The van der Waals surface area contributed by atoms with Crippen LogP contribution < -0.4 is 15.4 Å². The number of halogens is 1. The Morgan fingerprint density at radius 3 is 2.84 bits per heavy atom. The highest BCUT2D eigenvalue weighted by molar-refractivity contribution is 6.10. The Balaban J connectivity index is 1.80. The van der Waals surface area contributed by atoms with E-state index < -0.39 is 17.8 Å². The topological polar surface area (TPSA) is 79.8 Å². The minimum Gasteiger partial charge on any atom is -0.497 e. The third-order valence-electron chi connectivity index (χ3n) is 3.72. The zero-order chi connectivity index (χ0) is 17.8. The van der Waals surface area contributed by atoms with E-state index in [1.54, 1.807) is 36.4 Å². The van der Waals surface area contributed by atoms with Gasteiger partial charge in [-0.25, -0.2) is 9.38 Å².